The fourth-order valence-corrected chi connectivity index (χ4v) is 2.90. The van der Waals surface area contributed by atoms with Gasteiger partial charge >= 0.3 is 0 Å². The molecule has 3 heteroatoms. The van der Waals surface area contributed by atoms with Crippen LogP contribution in [0.25, 0.3) is 0 Å². The van der Waals surface area contributed by atoms with Gasteiger partial charge in [-0.05, 0) is 42.3 Å². The van der Waals surface area contributed by atoms with E-state index in [1.165, 1.54) is 16.0 Å². The van der Waals surface area contributed by atoms with E-state index >= 15 is 0 Å². The maximum absolute atomic E-state index is 5.94. The van der Waals surface area contributed by atoms with Gasteiger partial charge < -0.3 is 5.32 Å². The van der Waals surface area contributed by atoms with E-state index in [-0.39, 0.29) is 0 Å². The lowest BCUT2D eigenvalue weighted by atomic mass is 10.1. The second kappa shape index (κ2) is 7.59. The first kappa shape index (κ1) is 14.4. The highest BCUT2D eigenvalue weighted by Crippen LogP contribution is 2.17. The van der Waals surface area contributed by atoms with E-state index in [1.54, 1.807) is 0 Å². The van der Waals surface area contributed by atoms with Gasteiger partial charge in [-0.1, -0.05) is 35.9 Å². The predicted molar refractivity (Wildman–Crippen MR) is 85.1 cm³/mol. The van der Waals surface area contributed by atoms with Crippen LogP contribution in [0.1, 0.15) is 11.1 Å². The average molecular weight is 292 g/mol. The molecule has 0 aliphatic heterocycles. The fourth-order valence-electron chi connectivity index (χ4n) is 1.84. The molecule has 0 saturated carbocycles. The third kappa shape index (κ3) is 4.90. The van der Waals surface area contributed by atoms with Crippen molar-refractivity contribution in [2.24, 2.45) is 0 Å². The third-order valence-electron chi connectivity index (χ3n) is 2.91. The first-order valence-corrected chi connectivity index (χ1v) is 7.75. The number of aryl methyl sites for hydroxylation is 1. The van der Waals surface area contributed by atoms with E-state index in [0.717, 1.165) is 23.9 Å². The summed E-state index contributed by atoms with van der Waals surface area (Å²) in [6, 6.07) is 16.5. The molecule has 1 N–H and O–H groups in total. The van der Waals surface area contributed by atoms with Crippen molar-refractivity contribution in [2.75, 3.05) is 12.3 Å². The third-order valence-corrected chi connectivity index (χ3v) is 4.16. The molecule has 0 fully saturated rings. The molecule has 2 rings (SSSR count). The van der Waals surface area contributed by atoms with Crippen LogP contribution in [-0.4, -0.2) is 12.3 Å². The van der Waals surface area contributed by atoms with Crippen LogP contribution in [-0.2, 0) is 6.54 Å². The minimum Gasteiger partial charge on any atom is -0.312 e. The van der Waals surface area contributed by atoms with E-state index in [2.05, 4.69) is 42.6 Å². The summed E-state index contributed by atoms with van der Waals surface area (Å²) in [7, 11) is 0. The highest BCUT2D eigenvalue weighted by Gasteiger charge is 1.99. The summed E-state index contributed by atoms with van der Waals surface area (Å²) in [5.41, 5.74) is 2.56. The van der Waals surface area contributed by atoms with E-state index in [4.69, 9.17) is 11.6 Å². The molecule has 0 amide bonds. The maximum atomic E-state index is 5.94. The summed E-state index contributed by atoms with van der Waals surface area (Å²) in [6.07, 6.45) is 0. The molecule has 2 aromatic rings. The highest BCUT2D eigenvalue weighted by molar-refractivity contribution is 7.99. The van der Waals surface area contributed by atoms with Crippen molar-refractivity contribution in [1.29, 1.82) is 0 Å². The molecule has 0 bridgehead atoms. The van der Waals surface area contributed by atoms with Crippen LogP contribution in [0.4, 0.5) is 0 Å². The van der Waals surface area contributed by atoms with Crippen molar-refractivity contribution >= 4 is 23.4 Å². The zero-order valence-corrected chi connectivity index (χ0v) is 12.6. The zero-order valence-electron chi connectivity index (χ0n) is 11.0. The lowest BCUT2D eigenvalue weighted by molar-refractivity contribution is 0.728. The van der Waals surface area contributed by atoms with Gasteiger partial charge in [0.1, 0.15) is 0 Å². The molecule has 0 atom stereocenters. The van der Waals surface area contributed by atoms with Crippen molar-refractivity contribution in [2.45, 2.75) is 18.4 Å². The zero-order chi connectivity index (χ0) is 13.5. The lowest BCUT2D eigenvalue weighted by Gasteiger charge is -2.08. The molecule has 0 unspecified atom stereocenters. The van der Waals surface area contributed by atoms with Crippen LogP contribution in [0, 0.1) is 6.92 Å². The first-order valence-electron chi connectivity index (χ1n) is 6.39. The van der Waals surface area contributed by atoms with E-state index in [0.29, 0.717) is 0 Å². The van der Waals surface area contributed by atoms with Crippen molar-refractivity contribution in [3.8, 4) is 0 Å². The summed E-state index contributed by atoms with van der Waals surface area (Å²) in [5.74, 6) is 1.08. The molecule has 0 spiro atoms. The lowest BCUT2D eigenvalue weighted by Crippen LogP contribution is -2.17. The topological polar surface area (TPSA) is 12.0 Å². The minimum atomic E-state index is 0.806. The summed E-state index contributed by atoms with van der Waals surface area (Å²) in [4.78, 5) is 1.33. The summed E-state index contributed by atoms with van der Waals surface area (Å²) in [5, 5.41) is 4.27. The fraction of sp³-hybridized carbons (Fsp3) is 0.250. The maximum Gasteiger partial charge on any atom is 0.0408 e. The quantitative estimate of drug-likeness (QED) is 0.620. The Morgan fingerprint density at radius 2 is 1.89 bits per heavy atom. The van der Waals surface area contributed by atoms with Gasteiger partial charge in [0.25, 0.3) is 0 Å². The molecular formula is C16H18ClNS. The van der Waals surface area contributed by atoms with Crippen molar-refractivity contribution in [1.82, 2.24) is 5.32 Å². The Morgan fingerprint density at radius 1 is 1.11 bits per heavy atom. The Hall–Kier alpha value is -0.960. The summed E-state index contributed by atoms with van der Waals surface area (Å²) < 4.78 is 0. The molecule has 1 nitrogen and oxygen atoms in total. The molecule has 2 aromatic carbocycles. The first-order chi connectivity index (χ1) is 9.25. The van der Waals surface area contributed by atoms with Gasteiger partial charge in [0.2, 0.25) is 0 Å². The van der Waals surface area contributed by atoms with Crippen LogP contribution < -0.4 is 5.32 Å². The van der Waals surface area contributed by atoms with Crippen molar-refractivity contribution in [3.63, 3.8) is 0 Å². The van der Waals surface area contributed by atoms with Gasteiger partial charge in [0.15, 0.2) is 0 Å². The normalized spacial score (nSPS) is 10.6. The number of nitrogens with one attached hydrogen (secondary N) is 1. The Labute approximate surface area is 124 Å². The van der Waals surface area contributed by atoms with E-state index < -0.39 is 0 Å². The van der Waals surface area contributed by atoms with Gasteiger partial charge in [-0.25, -0.2) is 0 Å². The van der Waals surface area contributed by atoms with Gasteiger partial charge in [-0.15, -0.1) is 11.8 Å². The Balaban J connectivity index is 1.69. The number of benzene rings is 2. The Bertz CT molecular complexity index is 513. The Morgan fingerprint density at radius 3 is 2.63 bits per heavy atom. The molecule has 0 saturated heterocycles. The molecule has 0 aromatic heterocycles. The number of rotatable bonds is 6. The largest absolute Gasteiger partial charge is 0.312 e. The van der Waals surface area contributed by atoms with Crippen LogP contribution in [0.2, 0.25) is 5.02 Å². The van der Waals surface area contributed by atoms with Gasteiger partial charge in [0, 0.05) is 28.8 Å². The summed E-state index contributed by atoms with van der Waals surface area (Å²) in [6.45, 7) is 4.00. The van der Waals surface area contributed by atoms with E-state index in [1.807, 2.05) is 30.0 Å². The average Bonchev–Trinajstić information content (AvgIpc) is 2.42. The van der Waals surface area contributed by atoms with Crippen molar-refractivity contribution in [3.05, 3.63) is 64.7 Å². The van der Waals surface area contributed by atoms with Crippen LogP contribution in [0.3, 0.4) is 0 Å². The second-order valence-electron chi connectivity index (χ2n) is 4.41. The second-order valence-corrected chi connectivity index (χ2v) is 6.01. The SMILES string of the molecule is Cc1cc(Cl)ccc1CNCCSc1ccccc1. The van der Waals surface area contributed by atoms with Crippen LogP contribution in [0.15, 0.2) is 53.4 Å². The number of halogens is 1. The number of hydrogen-bond acceptors (Lipinski definition) is 2. The van der Waals surface area contributed by atoms with Crippen molar-refractivity contribution < 1.29 is 0 Å². The van der Waals surface area contributed by atoms with Crippen LogP contribution >= 0.6 is 23.4 Å². The van der Waals surface area contributed by atoms with Gasteiger partial charge in [-0.2, -0.15) is 0 Å². The number of thioether (sulfide) groups is 1. The predicted octanol–water partition coefficient (Wildman–Crippen LogP) is 4.53. The smallest absolute Gasteiger partial charge is 0.0408 e. The molecular weight excluding hydrogens is 274 g/mol. The molecule has 100 valence electrons. The van der Waals surface area contributed by atoms with Crippen LogP contribution in [0.5, 0.6) is 0 Å². The highest BCUT2D eigenvalue weighted by atomic mass is 35.5. The molecule has 0 heterocycles. The number of hydrogen-bond donors (Lipinski definition) is 1. The van der Waals surface area contributed by atoms with Gasteiger partial charge in [0.05, 0.1) is 0 Å². The summed E-state index contributed by atoms with van der Waals surface area (Å²) >= 11 is 7.82. The molecule has 0 radical (unpaired) electrons. The minimum absolute atomic E-state index is 0.806. The monoisotopic (exact) mass is 291 g/mol. The van der Waals surface area contributed by atoms with Gasteiger partial charge in [-0.3, -0.25) is 0 Å². The van der Waals surface area contributed by atoms with E-state index in [9.17, 15) is 0 Å². The molecule has 0 aliphatic carbocycles. The standard InChI is InChI=1S/C16H18ClNS/c1-13-11-15(17)8-7-14(13)12-18-9-10-19-16-5-3-2-4-6-16/h2-8,11,18H,9-10,12H2,1H3. The Kier molecular flexibility index (Phi) is 5.77. The molecule has 19 heavy (non-hydrogen) atoms. The molecule has 0 aliphatic rings.